The molecule has 18 heavy (non-hydrogen) atoms. The van der Waals surface area contributed by atoms with E-state index in [1.807, 2.05) is 24.3 Å². The van der Waals surface area contributed by atoms with Gasteiger partial charge in [-0.25, -0.2) is 13.6 Å². The summed E-state index contributed by atoms with van der Waals surface area (Å²) in [6.07, 6.45) is 1.42. The predicted octanol–water partition coefficient (Wildman–Crippen LogP) is 0.778. The summed E-state index contributed by atoms with van der Waals surface area (Å²) in [5.74, 6) is 0.929. The van der Waals surface area contributed by atoms with Crippen LogP contribution in [0.15, 0.2) is 24.3 Å². The van der Waals surface area contributed by atoms with Crippen LogP contribution in [0.3, 0.4) is 0 Å². The first kappa shape index (κ1) is 13.3. The lowest BCUT2D eigenvalue weighted by Crippen LogP contribution is -2.29. The Bertz CT molecular complexity index is 502. The molecular formula is C12H18N2O3S. The maximum atomic E-state index is 10.8. The molecule has 2 rings (SSSR count). The van der Waals surface area contributed by atoms with Gasteiger partial charge in [-0.1, -0.05) is 18.2 Å². The minimum atomic E-state index is -3.35. The van der Waals surface area contributed by atoms with E-state index in [4.69, 9.17) is 9.88 Å². The van der Waals surface area contributed by atoms with Crippen LogP contribution in [-0.4, -0.2) is 27.3 Å². The topological polar surface area (TPSA) is 81.4 Å². The maximum Gasteiger partial charge on any atom is 0.209 e. The lowest BCUT2D eigenvalue weighted by molar-refractivity contribution is 0.253. The Balaban J connectivity index is 1.88. The zero-order valence-electron chi connectivity index (χ0n) is 10.1. The first-order chi connectivity index (χ1) is 8.56. The van der Waals surface area contributed by atoms with E-state index in [1.165, 1.54) is 0 Å². The van der Waals surface area contributed by atoms with Crippen molar-refractivity contribution in [3.63, 3.8) is 0 Å². The summed E-state index contributed by atoms with van der Waals surface area (Å²) < 4.78 is 27.2. The van der Waals surface area contributed by atoms with Gasteiger partial charge in [-0.3, -0.25) is 0 Å². The molecule has 5 nitrogen and oxygen atoms in total. The van der Waals surface area contributed by atoms with Gasteiger partial charge in [0, 0.05) is 18.0 Å². The number of ether oxygens (including phenoxy) is 1. The summed E-state index contributed by atoms with van der Waals surface area (Å²) in [7, 11) is -3.35. The van der Waals surface area contributed by atoms with Crippen LogP contribution in [-0.2, 0) is 10.0 Å². The van der Waals surface area contributed by atoms with Gasteiger partial charge in [-0.05, 0) is 19.0 Å². The molecule has 0 fully saturated rings. The highest BCUT2D eigenvalue weighted by molar-refractivity contribution is 7.89. The molecule has 1 heterocycles. The van der Waals surface area contributed by atoms with Crippen molar-refractivity contribution in [3.05, 3.63) is 29.8 Å². The zero-order valence-corrected chi connectivity index (χ0v) is 10.9. The summed E-state index contributed by atoms with van der Waals surface area (Å²) in [4.78, 5) is 0. The molecule has 1 aliphatic heterocycles. The molecule has 0 aromatic heterocycles. The molecule has 3 N–H and O–H groups in total. The molecule has 6 heteroatoms. The van der Waals surface area contributed by atoms with Crippen LogP contribution in [0.25, 0.3) is 0 Å². The molecule has 100 valence electrons. The highest BCUT2D eigenvalue weighted by Gasteiger charge is 2.20. The molecule has 0 saturated carbocycles. The predicted molar refractivity (Wildman–Crippen MR) is 69.9 cm³/mol. The van der Waals surface area contributed by atoms with Gasteiger partial charge in [0.05, 0.1) is 12.4 Å². The molecule has 1 atom stereocenters. The minimum absolute atomic E-state index is 0.0187. The molecule has 0 saturated heterocycles. The van der Waals surface area contributed by atoms with Gasteiger partial charge >= 0.3 is 0 Å². The van der Waals surface area contributed by atoms with Crippen molar-refractivity contribution in [1.82, 2.24) is 5.32 Å². The van der Waals surface area contributed by atoms with E-state index in [2.05, 4.69) is 5.32 Å². The normalized spacial score (nSPS) is 19.1. The fourth-order valence-electron chi connectivity index (χ4n) is 2.10. The number of fused-ring (bicyclic) bond motifs is 1. The monoisotopic (exact) mass is 270 g/mol. The molecular weight excluding hydrogens is 252 g/mol. The standard InChI is InChI=1S/C12H18N2O3S/c13-18(15,16)9-3-7-14-11-6-8-17-12-5-2-1-4-10(11)12/h1-2,4-5,11,14H,3,6-9H2,(H2,13,15,16). The number of nitrogens with one attached hydrogen (secondary N) is 1. The Morgan fingerprint density at radius 2 is 2.17 bits per heavy atom. The van der Waals surface area contributed by atoms with Crippen molar-refractivity contribution in [1.29, 1.82) is 0 Å². The van der Waals surface area contributed by atoms with Crippen molar-refractivity contribution in [2.24, 2.45) is 5.14 Å². The van der Waals surface area contributed by atoms with Gasteiger partial charge in [-0.15, -0.1) is 0 Å². The first-order valence-electron chi connectivity index (χ1n) is 6.02. The number of benzene rings is 1. The molecule has 0 aliphatic carbocycles. The van der Waals surface area contributed by atoms with Crippen LogP contribution in [0.2, 0.25) is 0 Å². The van der Waals surface area contributed by atoms with E-state index in [0.29, 0.717) is 19.6 Å². The van der Waals surface area contributed by atoms with E-state index in [1.54, 1.807) is 0 Å². The minimum Gasteiger partial charge on any atom is -0.493 e. The van der Waals surface area contributed by atoms with E-state index in [9.17, 15) is 8.42 Å². The van der Waals surface area contributed by atoms with Crippen molar-refractivity contribution in [2.75, 3.05) is 18.9 Å². The molecule has 0 amide bonds. The third-order valence-corrected chi connectivity index (χ3v) is 3.81. The van der Waals surface area contributed by atoms with E-state index < -0.39 is 10.0 Å². The average Bonchev–Trinajstić information content (AvgIpc) is 2.33. The second kappa shape index (κ2) is 5.69. The van der Waals surface area contributed by atoms with E-state index >= 15 is 0 Å². The van der Waals surface area contributed by atoms with Crippen molar-refractivity contribution in [3.8, 4) is 5.75 Å². The van der Waals surface area contributed by atoms with Crippen LogP contribution < -0.4 is 15.2 Å². The average molecular weight is 270 g/mol. The number of hydrogen-bond acceptors (Lipinski definition) is 4. The Hall–Kier alpha value is -1.11. The third kappa shape index (κ3) is 3.69. The molecule has 0 spiro atoms. The number of nitrogens with two attached hydrogens (primary N) is 1. The largest absolute Gasteiger partial charge is 0.493 e. The second-order valence-corrected chi connectivity index (χ2v) is 6.14. The van der Waals surface area contributed by atoms with E-state index in [-0.39, 0.29) is 11.8 Å². The summed E-state index contributed by atoms with van der Waals surface area (Å²) in [5, 5.41) is 8.31. The number of para-hydroxylation sites is 1. The molecule has 1 aliphatic rings. The Morgan fingerprint density at radius 1 is 1.39 bits per heavy atom. The van der Waals surface area contributed by atoms with Crippen molar-refractivity contribution in [2.45, 2.75) is 18.9 Å². The van der Waals surface area contributed by atoms with Gasteiger partial charge in [-0.2, -0.15) is 0 Å². The lowest BCUT2D eigenvalue weighted by Gasteiger charge is -2.26. The lowest BCUT2D eigenvalue weighted by atomic mass is 10.0. The van der Waals surface area contributed by atoms with Crippen LogP contribution >= 0.6 is 0 Å². The van der Waals surface area contributed by atoms with Crippen LogP contribution in [0.1, 0.15) is 24.4 Å². The molecule has 1 aromatic rings. The van der Waals surface area contributed by atoms with Crippen molar-refractivity contribution < 1.29 is 13.2 Å². The third-order valence-electron chi connectivity index (χ3n) is 2.95. The summed E-state index contributed by atoms with van der Waals surface area (Å²) in [6.45, 7) is 1.32. The van der Waals surface area contributed by atoms with Gasteiger partial charge in [0.1, 0.15) is 5.75 Å². The fourth-order valence-corrected chi connectivity index (χ4v) is 2.65. The number of hydrogen-bond donors (Lipinski definition) is 2. The van der Waals surface area contributed by atoms with Gasteiger partial charge in [0.15, 0.2) is 0 Å². The fraction of sp³-hybridized carbons (Fsp3) is 0.500. The SMILES string of the molecule is NS(=O)(=O)CCCNC1CCOc2ccccc21. The molecule has 0 radical (unpaired) electrons. The highest BCUT2D eigenvalue weighted by atomic mass is 32.2. The highest BCUT2D eigenvalue weighted by Crippen LogP contribution is 2.31. The van der Waals surface area contributed by atoms with Crippen LogP contribution in [0, 0.1) is 0 Å². The zero-order chi connectivity index (χ0) is 13.0. The summed E-state index contributed by atoms with van der Waals surface area (Å²) in [5.41, 5.74) is 1.14. The van der Waals surface area contributed by atoms with Crippen molar-refractivity contribution >= 4 is 10.0 Å². The Morgan fingerprint density at radius 3 is 2.94 bits per heavy atom. The molecule has 1 unspecified atom stereocenters. The Kier molecular flexibility index (Phi) is 4.21. The van der Waals surface area contributed by atoms with Crippen LogP contribution in [0.4, 0.5) is 0 Å². The number of sulfonamides is 1. The first-order valence-corrected chi connectivity index (χ1v) is 7.73. The van der Waals surface area contributed by atoms with Gasteiger partial charge in [0.25, 0.3) is 0 Å². The number of primary sulfonamides is 1. The summed E-state index contributed by atoms with van der Waals surface area (Å²) >= 11 is 0. The van der Waals surface area contributed by atoms with Gasteiger partial charge in [0.2, 0.25) is 10.0 Å². The van der Waals surface area contributed by atoms with Crippen LogP contribution in [0.5, 0.6) is 5.75 Å². The van der Waals surface area contributed by atoms with Gasteiger partial charge < -0.3 is 10.1 Å². The number of rotatable bonds is 5. The smallest absolute Gasteiger partial charge is 0.209 e. The Labute approximate surface area is 107 Å². The summed E-state index contributed by atoms with van der Waals surface area (Å²) in [6, 6.07) is 8.14. The quantitative estimate of drug-likeness (QED) is 0.775. The molecule has 1 aromatic carbocycles. The second-order valence-electron chi connectivity index (χ2n) is 4.40. The van der Waals surface area contributed by atoms with E-state index in [0.717, 1.165) is 17.7 Å². The molecule has 0 bridgehead atoms. The maximum absolute atomic E-state index is 10.8.